The minimum Gasteiger partial charge on any atom is -0.455 e. The number of hydrogen-bond donors (Lipinski definition) is 3. The summed E-state index contributed by atoms with van der Waals surface area (Å²) in [6.45, 7) is 1.72. The first kappa shape index (κ1) is 24.8. The Labute approximate surface area is 215 Å². The van der Waals surface area contributed by atoms with E-state index in [4.69, 9.17) is 39.2 Å². The predicted octanol–water partition coefficient (Wildman–Crippen LogP) is 5.09. The molecule has 0 spiro atoms. The van der Waals surface area contributed by atoms with Gasteiger partial charge >= 0.3 is 5.91 Å². The Morgan fingerprint density at radius 3 is 2.29 bits per heavy atom. The van der Waals surface area contributed by atoms with E-state index in [1.165, 1.54) is 24.3 Å². The van der Waals surface area contributed by atoms with E-state index >= 15 is 0 Å². The van der Waals surface area contributed by atoms with Gasteiger partial charge < -0.3 is 4.42 Å². The molecule has 0 radical (unpaired) electrons. The molecule has 1 aliphatic carbocycles. The molecule has 0 saturated carbocycles. The van der Waals surface area contributed by atoms with Gasteiger partial charge in [-0.1, -0.05) is 34.8 Å². The monoisotopic (exact) mass is 532 g/mol. The lowest BCUT2D eigenvalue weighted by molar-refractivity contribution is 0.0829. The minimum atomic E-state index is -0.615. The number of hydrazone groups is 1. The van der Waals surface area contributed by atoms with Gasteiger partial charge in [0.15, 0.2) is 5.76 Å². The topological polar surface area (TPSA) is 113 Å². The number of hydrazine groups is 1. The number of amides is 3. The number of furan rings is 1. The Hall–Kier alpha value is -3.33. The number of nitrogens with zero attached hydrogens (tertiary/aromatic N) is 1. The largest absolute Gasteiger partial charge is 0.455 e. The molecule has 0 bridgehead atoms. The van der Waals surface area contributed by atoms with Gasteiger partial charge in [0, 0.05) is 33.2 Å². The fourth-order valence-electron chi connectivity index (χ4n) is 3.69. The average molecular weight is 534 g/mol. The maximum Gasteiger partial charge on any atom is 0.305 e. The van der Waals surface area contributed by atoms with Crippen LogP contribution in [0.2, 0.25) is 15.1 Å². The van der Waals surface area contributed by atoms with Crippen molar-refractivity contribution in [2.45, 2.75) is 26.2 Å². The number of carbonyl (C=O) groups excluding carboxylic acids is 3. The second-order valence-corrected chi connectivity index (χ2v) is 9.03. The van der Waals surface area contributed by atoms with Crippen LogP contribution < -0.4 is 16.3 Å². The number of nitrogens with one attached hydrogen (secondary N) is 3. The lowest BCUT2D eigenvalue weighted by atomic mass is 9.93. The number of hydrogen-bond acceptors (Lipinski definition) is 5. The molecule has 11 heteroatoms. The maximum atomic E-state index is 12.7. The van der Waals surface area contributed by atoms with Crippen molar-refractivity contribution in [1.82, 2.24) is 16.3 Å². The first-order chi connectivity index (χ1) is 16.7. The van der Waals surface area contributed by atoms with Crippen molar-refractivity contribution in [2.75, 3.05) is 0 Å². The van der Waals surface area contributed by atoms with E-state index in [2.05, 4.69) is 21.4 Å². The molecule has 0 aliphatic heterocycles. The number of benzene rings is 2. The van der Waals surface area contributed by atoms with Gasteiger partial charge in [-0.25, -0.2) is 5.43 Å². The zero-order valence-corrected chi connectivity index (χ0v) is 20.6. The highest BCUT2D eigenvalue weighted by atomic mass is 35.5. The first-order valence-electron chi connectivity index (χ1n) is 10.6. The summed E-state index contributed by atoms with van der Waals surface area (Å²) in [6, 6.07) is 10.8. The van der Waals surface area contributed by atoms with Crippen molar-refractivity contribution in [3.05, 3.63) is 91.3 Å². The van der Waals surface area contributed by atoms with E-state index in [-0.39, 0.29) is 16.3 Å². The molecular formula is C24H19Cl3N4O4. The van der Waals surface area contributed by atoms with E-state index in [0.717, 1.165) is 6.42 Å². The van der Waals surface area contributed by atoms with Crippen LogP contribution in [0.25, 0.3) is 0 Å². The van der Waals surface area contributed by atoms with Crippen LogP contribution in [-0.2, 0) is 6.42 Å². The third-order valence-corrected chi connectivity index (χ3v) is 6.20. The summed E-state index contributed by atoms with van der Waals surface area (Å²) in [5.41, 5.74) is 9.58. The van der Waals surface area contributed by atoms with E-state index in [1.54, 1.807) is 25.1 Å². The smallest absolute Gasteiger partial charge is 0.305 e. The van der Waals surface area contributed by atoms with Gasteiger partial charge in [-0.15, -0.1) is 0 Å². The zero-order valence-electron chi connectivity index (χ0n) is 18.4. The lowest BCUT2D eigenvalue weighted by Crippen LogP contribution is -2.41. The van der Waals surface area contributed by atoms with Crippen molar-refractivity contribution in [1.29, 1.82) is 0 Å². The summed E-state index contributed by atoms with van der Waals surface area (Å²) in [6.07, 6.45) is 1.91. The van der Waals surface area contributed by atoms with Gasteiger partial charge in [-0.3, -0.25) is 25.2 Å². The molecule has 0 fully saturated rings. The Kier molecular flexibility index (Phi) is 7.45. The molecule has 0 saturated heterocycles. The zero-order chi connectivity index (χ0) is 25.1. The molecule has 180 valence electrons. The SMILES string of the molecule is Cc1c(C(=O)NNC(=O)c2ccc(Cl)cc2)oc2c1/C(=N/NC(=O)c1ccc(Cl)cc1Cl)CCC2. The van der Waals surface area contributed by atoms with E-state index in [9.17, 15) is 14.4 Å². The van der Waals surface area contributed by atoms with Crippen LogP contribution in [0.4, 0.5) is 0 Å². The fraction of sp³-hybridized carbons (Fsp3) is 0.167. The first-order valence-corrected chi connectivity index (χ1v) is 11.7. The van der Waals surface area contributed by atoms with Gasteiger partial charge in [0.1, 0.15) is 5.76 Å². The number of rotatable bonds is 4. The molecule has 3 aromatic rings. The standard InChI is InChI=1S/C24H19Cl3N4O4/c1-12-20-18(28-30-23(33)16-10-9-15(26)11-17(16)27)3-2-4-19(20)35-21(12)24(34)31-29-22(32)13-5-7-14(25)8-6-13/h5-11H,2-4H2,1H3,(H,29,32)(H,30,33)(H,31,34)/b28-18+. The van der Waals surface area contributed by atoms with Gasteiger partial charge in [0.25, 0.3) is 11.8 Å². The molecule has 1 heterocycles. The quantitative estimate of drug-likeness (QED) is 0.405. The minimum absolute atomic E-state index is 0.0491. The highest BCUT2D eigenvalue weighted by molar-refractivity contribution is 6.36. The molecule has 35 heavy (non-hydrogen) atoms. The molecule has 3 amide bonds. The Morgan fingerprint density at radius 2 is 1.57 bits per heavy atom. The van der Waals surface area contributed by atoms with Crippen molar-refractivity contribution in [3.8, 4) is 0 Å². The van der Waals surface area contributed by atoms with Gasteiger partial charge in [-0.05, 0) is 62.2 Å². The molecule has 3 N–H and O–H groups in total. The van der Waals surface area contributed by atoms with Crippen molar-refractivity contribution >= 4 is 58.2 Å². The summed E-state index contributed by atoms with van der Waals surface area (Å²) in [5.74, 6) is -0.978. The molecular weight excluding hydrogens is 515 g/mol. The van der Waals surface area contributed by atoms with E-state index < -0.39 is 17.7 Å². The summed E-state index contributed by atoms with van der Waals surface area (Å²) >= 11 is 17.8. The summed E-state index contributed by atoms with van der Waals surface area (Å²) in [5, 5.41) is 5.39. The molecule has 0 atom stereocenters. The van der Waals surface area contributed by atoms with Crippen LogP contribution >= 0.6 is 34.8 Å². The second kappa shape index (κ2) is 10.5. The van der Waals surface area contributed by atoms with Gasteiger partial charge in [-0.2, -0.15) is 5.10 Å². The lowest BCUT2D eigenvalue weighted by Gasteiger charge is -2.13. The fourth-order valence-corrected chi connectivity index (χ4v) is 4.31. The molecule has 8 nitrogen and oxygen atoms in total. The highest BCUT2D eigenvalue weighted by Crippen LogP contribution is 2.30. The van der Waals surface area contributed by atoms with Crippen molar-refractivity contribution in [2.24, 2.45) is 5.10 Å². The number of halogens is 3. The third kappa shape index (κ3) is 5.51. The second-order valence-electron chi connectivity index (χ2n) is 7.75. The Morgan fingerprint density at radius 1 is 0.886 bits per heavy atom. The van der Waals surface area contributed by atoms with Crippen LogP contribution in [0.3, 0.4) is 0 Å². The Balaban J connectivity index is 1.48. The molecule has 2 aromatic carbocycles. The summed E-state index contributed by atoms with van der Waals surface area (Å²) in [7, 11) is 0. The maximum absolute atomic E-state index is 12.7. The third-order valence-electron chi connectivity index (χ3n) is 5.40. The molecule has 0 unspecified atom stereocenters. The van der Waals surface area contributed by atoms with Crippen LogP contribution in [-0.4, -0.2) is 23.4 Å². The predicted molar refractivity (Wildman–Crippen MR) is 133 cm³/mol. The number of fused-ring (bicyclic) bond motifs is 1. The van der Waals surface area contributed by atoms with Crippen LogP contribution in [0, 0.1) is 6.92 Å². The molecule has 4 rings (SSSR count). The molecule has 1 aromatic heterocycles. The molecule has 1 aliphatic rings. The average Bonchev–Trinajstić information content (AvgIpc) is 3.18. The normalized spacial score (nSPS) is 13.8. The van der Waals surface area contributed by atoms with Crippen LogP contribution in [0.5, 0.6) is 0 Å². The Bertz CT molecular complexity index is 1350. The highest BCUT2D eigenvalue weighted by Gasteiger charge is 2.28. The van der Waals surface area contributed by atoms with E-state index in [1.807, 2.05) is 0 Å². The van der Waals surface area contributed by atoms with Crippen LogP contribution in [0.1, 0.15) is 61.0 Å². The summed E-state index contributed by atoms with van der Waals surface area (Å²) in [4.78, 5) is 37.5. The van der Waals surface area contributed by atoms with Gasteiger partial charge in [0.05, 0.1) is 16.3 Å². The van der Waals surface area contributed by atoms with E-state index in [0.29, 0.717) is 51.0 Å². The van der Waals surface area contributed by atoms with Crippen LogP contribution in [0.15, 0.2) is 52.0 Å². The van der Waals surface area contributed by atoms with Gasteiger partial charge in [0.2, 0.25) is 0 Å². The number of aryl methyl sites for hydroxylation is 1. The van der Waals surface area contributed by atoms with Crippen molar-refractivity contribution in [3.63, 3.8) is 0 Å². The van der Waals surface area contributed by atoms with Crippen molar-refractivity contribution < 1.29 is 18.8 Å². The summed E-state index contributed by atoms with van der Waals surface area (Å²) < 4.78 is 5.80. The number of carbonyl (C=O) groups is 3.